The highest BCUT2D eigenvalue weighted by Gasteiger charge is 2.09. The lowest BCUT2D eigenvalue weighted by Crippen LogP contribution is -2.28. The number of carbonyl (C=O) groups excluding carboxylic acids is 1. The van der Waals surface area contributed by atoms with Gasteiger partial charge in [-0.15, -0.1) is 11.3 Å². The number of para-hydroxylation sites is 1. The summed E-state index contributed by atoms with van der Waals surface area (Å²) in [5.74, 6) is 1.01. The molecule has 6 heteroatoms. The molecule has 5 nitrogen and oxygen atoms in total. The maximum Gasteiger partial charge on any atom is 0.319 e. The monoisotopic (exact) mass is 325 g/mol. The summed E-state index contributed by atoms with van der Waals surface area (Å²) in [4.78, 5) is 17.3. The molecule has 3 aromatic rings. The third kappa shape index (κ3) is 4.31. The summed E-state index contributed by atoms with van der Waals surface area (Å²) < 4.78 is 5.71. The molecule has 2 amide bonds. The molecule has 2 N–H and O–H groups in total. The number of benzene rings is 1. The first kappa shape index (κ1) is 15.1. The summed E-state index contributed by atoms with van der Waals surface area (Å²) >= 11 is 1.60. The highest BCUT2D eigenvalue weighted by atomic mass is 32.1. The molecule has 0 unspecified atom stereocenters. The van der Waals surface area contributed by atoms with Crippen LogP contribution < -0.4 is 15.4 Å². The van der Waals surface area contributed by atoms with E-state index in [-0.39, 0.29) is 6.03 Å². The number of urea groups is 1. The third-order valence-corrected chi connectivity index (χ3v) is 3.86. The van der Waals surface area contributed by atoms with Crippen LogP contribution in [0.25, 0.3) is 0 Å². The van der Waals surface area contributed by atoms with Gasteiger partial charge in [0.1, 0.15) is 11.4 Å². The first-order chi connectivity index (χ1) is 11.3. The molecule has 116 valence electrons. The maximum atomic E-state index is 12.0. The van der Waals surface area contributed by atoms with E-state index < -0.39 is 0 Å². The number of hydrogen-bond acceptors (Lipinski definition) is 4. The minimum absolute atomic E-state index is 0.302. The number of nitrogens with one attached hydrogen (secondary N) is 2. The van der Waals surface area contributed by atoms with Crippen LogP contribution in [0.4, 0.5) is 10.5 Å². The molecular weight excluding hydrogens is 310 g/mol. The molecule has 2 heterocycles. The van der Waals surface area contributed by atoms with Gasteiger partial charge in [0.25, 0.3) is 0 Å². The topological polar surface area (TPSA) is 63.2 Å². The van der Waals surface area contributed by atoms with E-state index >= 15 is 0 Å². The summed E-state index contributed by atoms with van der Waals surface area (Å²) in [6, 6.07) is 16.4. The molecule has 0 radical (unpaired) electrons. The van der Waals surface area contributed by atoms with Gasteiger partial charge in [-0.3, -0.25) is 0 Å². The number of thiophene rings is 1. The Morgan fingerprint density at radius 2 is 1.96 bits per heavy atom. The number of rotatable bonds is 5. The van der Waals surface area contributed by atoms with Gasteiger partial charge in [0.15, 0.2) is 0 Å². The van der Waals surface area contributed by atoms with Crippen molar-refractivity contribution in [3.05, 3.63) is 71.1 Å². The Labute approximate surface area is 138 Å². The van der Waals surface area contributed by atoms with E-state index in [4.69, 9.17) is 4.74 Å². The molecule has 0 aliphatic heterocycles. The maximum absolute atomic E-state index is 12.0. The van der Waals surface area contributed by atoms with Crippen molar-refractivity contribution < 1.29 is 9.53 Å². The standard InChI is InChI=1S/C17H15N3O2S/c21-17(19-12-14-8-5-11-23-14)20-15-9-4-10-18-16(15)22-13-6-2-1-3-7-13/h1-11H,12H2,(H2,19,20,21). The first-order valence-corrected chi connectivity index (χ1v) is 7.94. The second-order valence-electron chi connectivity index (χ2n) is 4.66. The number of aromatic nitrogens is 1. The van der Waals surface area contributed by atoms with Crippen LogP contribution in [0.3, 0.4) is 0 Å². The van der Waals surface area contributed by atoms with Crippen LogP contribution >= 0.6 is 11.3 Å². The van der Waals surface area contributed by atoms with Crippen LogP contribution in [0.2, 0.25) is 0 Å². The van der Waals surface area contributed by atoms with Crippen LogP contribution in [0, 0.1) is 0 Å². The largest absolute Gasteiger partial charge is 0.437 e. The molecule has 2 aromatic heterocycles. The van der Waals surface area contributed by atoms with Crippen molar-refractivity contribution in [2.45, 2.75) is 6.54 Å². The Kier molecular flexibility index (Phi) is 4.85. The summed E-state index contributed by atoms with van der Waals surface area (Å²) in [6.07, 6.45) is 1.62. The fourth-order valence-corrected chi connectivity index (χ4v) is 2.56. The molecule has 0 atom stereocenters. The average Bonchev–Trinajstić information content (AvgIpc) is 3.09. The summed E-state index contributed by atoms with van der Waals surface area (Å²) in [5, 5.41) is 7.54. The summed E-state index contributed by atoms with van der Waals surface area (Å²) in [5.41, 5.74) is 0.514. The predicted molar refractivity (Wildman–Crippen MR) is 90.9 cm³/mol. The number of ether oxygens (including phenoxy) is 1. The van der Waals surface area contributed by atoms with Gasteiger partial charge in [0.05, 0.1) is 6.54 Å². The average molecular weight is 325 g/mol. The van der Waals surface area contributed by atoms with Crippen molar-refractivity contribution in [3.63, 3.8) is 0 Å². The van der Waals surface area contributed by atoms with Gasteiger partial charge in [0, 0.05) is 11.1 Å². The Morgan fingerprint density at radius 1 is 1.09 bits per heavy atom. The zero-order valence-electron chi connectivity index (χ0n) is 12.2. The fourth-order valence-electron chi connectivity index (χ4n) is 1.91. The number of anilines is 1. The lowest BCUT2D eigenvalue weighted by atomic mass is 10.3. The van der Waals surface area contributed by atoms with Gasteiger partial charge >= 0.3 is 6.03 Å². The first-order valence-electron chi connectivity index (χ1n) is 7.06. The zero-order chi connectivity index (χ0) is 15.9. The Hall–Kier alpha value is -2.86. The van der Waals surface area contributed by atoms with Gasteiger partial charge in [-0.05, 0) is 35.7 Å². The number of amides is 2. The predicted octanol–water partition coefficient (Wildman–Crippen LogP) is 4.26. The van der Waals surface area contributed by atoms with Gasteiger partial charge in [0.2, 0.25) is 5.88 Å². The van der Waals surface area contributed by atoms with E-state index in [1.807, 2.05) is 47.8 Å². The molecule has 0 bridgehead atoms. The Balaban J connectivity index is 1.64. The highest BCUT2D eigenvalue weighted by Crippen LogP contribution is 2.26. The molecule has 0 aliphatic rings. The second kappa shape index (κ2) is 7.42. The van der Waals surface area contributed by atoms with Gasteiger partial charge in [-0.2, -0.15) is 0 Å². The number of carbonyl (C=O) groups is 1. The second-order valence-corrected chi connectivity index (χ2v) is 5.69. The van der Waals surface area contributed by atoms with E-state index in [1.165, 1.54) is 0 Å². The quantitative estimate of drug-likeness (QED) is 0.737. The fraction of sp³-hybridized carbons (Fsp3) is 0.0588. The van der Waals surface area contributed by atoms with Crippen LogP contribution in [0.15, 0.2) is 66.2 Å². The summed E-state index contributed by atoms with van der Waals surface area (Å²) in [7, 11) is 0. The lowest BCUT2D eigenvalue weighted by molar-refractivity contribution is 0.251. The normalized spacial score (nSPS) is 10.1. The highest BCUT2D eigenvalue weighted by molar-refractivity contribution is 7.09. The Bertz CT molecular complexity index is 761. The SMILES string of the molecule is O=C(NCc1cccs1)Nc1cccnc1Oc1ccccc1. The molecular formula is C17H15N3O2S. The molecule has 1 aromatic carbocycles. The number of hydrogen-bond donors (Lipinski definition) is 2. The van der Waals surface area contributed by atoms with Gasteiger partial charge in [-0.1, -0.05) is 24.3 Å². The van der Waals surface area contributed by atoms with Crippen molar-refractivity contribution in [2.75, 3.05) is 5.32 Å². The van der Waals surface area contributed by atoms with Crippen LogP contribution in [0.5, 0.6) is 11.6 Å². The zero-order valence-corrected chi connectivity index (χ0v) is 13.0. The van der Waals surface area contributed by atoms with E-state index in [0.717, 1.165) is 4.88 Å². The van der Waals surface area contributed by atoms with Crippen molar-refractivity contribution in [3.8, 4) is 11.6 Å². The van der Waals surface area contributed by atoms with Crippen LogP contribution in [-0.2, 0) is 6.54 Å². The Morgan fingerprint density at radius 3 is 2.74 bits per heavy atom. The van der Waals surface area contributed by atoms with E-state index in [0.29, 0.717) is 23.9 Å². The smallest absolute Gasteiger partial charge is 0.319 e. The number of nitrogens with zero attached hydrogens (tertiary/aromatic N) is 1. The van der Waals surface area contributed by atoms with Crippen LogP contribution in [-0.4, -0.2) is 11.0 Å². The molecule has 0 spiro atoms. The molecule has 0 saturated carbocycles. The minimum atomic E-state index is -0.302. The molecule has 3 rings (SSSR count). The van der Waals surface area contributed by atoms with Crippen molar-refractivity contribution in [2.24, 2.45) is 0 Å². The van der Waals surface area contributed by atoms with E-state index in [1.54, 1.807) is 29.7 Å². The minimum Gasteiger partial charge on any atom is -0.437 e. The molecule has 0 aliphatic carbocycles. The van der Waals surface area contributed by atoms with Gasteiger partial charge in [-0.25, -0.2) is 9.78 Å². The van der Waals surface area contributed by atoms with E-state index in [2.05, 4.69) is 15.6 Å². The van der Waals surface area contributed by atoms with Crippen molar-refractivity contribution in [1.29, 1.82) is 0 Å². The lowest BCUT2D eigenvalue weighted by Gasteiger charge is -2.11. The van der Waals surface area contributed by atoms with E-state index in [9.17, 15) is 4.79 Å². The third-order valence-electron chi connectivity index (χ3n) is 2.98. The number of pyridine rings is 1. The summed E-state index contributed by atoms with van der Waals surface area (Å²) in [6.45, 7) is 0.485. The molecule has 0 saturated heterocycles. The van der Waals surface area contributed by atoms with Crippen molar-refractivity contribution in [1.82, 2.24) is 10.3 Å². The van der Waals surface area contributed by atoms with Crippen LogP contribution in [0.1, 0.15) is 4.88 Å². The van der Waals surface area contributed by atoms with Crippen molar-refractivity contribution >= 4 is 23.1 Å². The molecule has 0 fully saturated rings. The van der Waals surface area contributed by atoms with Gasteiger partial charge < -0.3 is 15.4 Å². The molecule has 23 heavy (non-hydrogen) atoms.